The van der Waals surface area contributed by atoms with Crippen LogP contribution in [0.1, 0.15) is 28.7 Å². The zero-order valence-corrected chi connectivity index (χ0v) is 11.8. The predicted molar refractivity (Wildman–Crippen MR) is 79.1 cm³/mol. The Kier molecular flexibility index (Phi) is 3.75. The van der Waals surface area contributed by atoms with Gasteiger partial charge < -0.3 is 0 Å². The van der Waals surface area contributed by atoms with Crippen molar-refractivity contribution in [3.8, 4) is 6.07 Å². The maximum absolute atomic E-state index is 13.3. The van der Waals surface area contributed by atoms with Gasteiger partial charge in [0.2, 0.25) is 0 Å². The summed E-state index contributed by atoms with van der Waals surface area (Å²) in [6, 6.07) is 13.3. The van der Waals surface area contributed by atoms with Crippen LogP contribution in [0.15, 0.2) is 41.3 Å². The van der Waals surface area contributed by atoms with E-state index in [1.807, 2.05) is 6.07 Å². The van der Waals surface area contributed by atoms with Gasteiger partial charge in [-0.3, -0.25) is 0 Å². The van der Waals surface area contributed by atoms with Crippen LogP contribution in [0.3, 0.4) is 0 Å². The molecular weight excluding hydrogens is 269 g/mol. The summed E-state index contributed by atoms with van der Waals surface area (Å²) in [4.78, 5) is 1.24. The molecule has 0 bridgehead atoms. The Morgan fingerprint density at radius 1 is 1.10 bits per heavy atom. The molecule has 1 aliphatic rings. The largest absolute Gasteiger partial charge is 0.206 e. The second-order valence-electron chi connectivity index (χ2n) is 5.00. The zero-order chi connectivity index (χ0) is 13.9. The Morgan fingerprint density at radius 3 is 2.80 bits per heavy atom. The van der Waals surface area contributed by atoms with Crippen molar-refractivity contribution < 1.29 is 4.39 Å². The number of fused-ring (bicyclic) bond motifs is 1. The molecule has 0 unspecified atom stereocenters. The molecule has 0 saturated carbocycles. The monoisotopic (exact) mass is 283 g/mol. The first-order chi connectivity index (χ1) is 9.76. The SMILES string of the molecule is N#Cc1cc(CSc2ccc3c(c2)CCC3)ccc1F. The zero-order valence-electron chi connectivity index (χ0n) is 11.0. The molecule has 0 N–H and O–H groups in total. The van der Waals surface area contributed by atoms with E-state index < -0.39 is 5.82 Å². The normalized spacial score (nSPS) is 13.0. The van der Waals surface area contributed by atoms with Crippen LogP contribution in [0.25, 0.3) is 0 Å². The van der Waals surface area contributed by atoms with Gasteiger partial charge in [-0.15, -0.1) is 11.8 Å². The van der Waals surface area contributed by atoms with E-state index in [0.29, 0.717) is 0 Å². The van der Waals surface area contributed by atoms with E-state index in [2.05, 4.69) is 18.2 Å². The topological polar surface area (TPSA) is 23.8 Å². The van der Waals surface area contributed by atoms with Crippen LogP contribution in [-0.2, 0) is 18.6 Å². The van der Waals surface area contributed by atoms with Crippen LogP contribution in [0.5, 0.6) is 0 Å². The second kappa shape index (κ2) is 5.68. The summed E-state index contributed by atoms with van der Waals surface area (Å²) in [6.45, 7) is 0. The molecule has 0 atom stereocenters. The minimum atomic E-state index is -0.446. The van der Waals surface area contributed by atoms with E-state index >= 15 is 0 Å². The third-order valence-corrected chi connectivity index (χ3v) is 4.69. The van der Waals surface area contributed by atoms with Gasteiger partial charge in [0.25, 0.3) is 0 Å². The van der Waals surface area contributed by atoms with Gasteiger partial charge >= 0.3 is 0 Å². The third kappa shape index (κ3) is 2.71. The number of nitrogens with zero attached hydrogens (tertiary/aromatic N) is 1. The van der Waals surface area contributed by atoms with Crippen molar-refractivity contribution in [2.24, 2.45) is 0 Å². The molecule has 0 amide bonds. The van der Waals surface area contributed by atoms with E-state index in [-0.39, 0.29) is 5.56 Å². The van der Waals surface area contributed by atoms with Crippen molar-refractivity contribution in [3.05, 3.63) is 64.5 Å². The van der Waals surface area contributed by atoms with Crippen molar-refractivity contribution in [1.29, 1.82) is 5.26 Å². The smallest absolute Gasteiger partial charge is 0.140 e. The molecule has 100 valence electrons. The van der Waals surface area contributed by atoms with Gasteiger partial charge in [0, 0.05) is 10.6 Å². The van der Waals surface area contributed by atoms with Crippen molar-refractivity contribution >= 4 is 11.8 Å². The molecule has 1 nitrogen and oxygen atoms in total. The van der Waals surface area contributed by atoms with Gasteiger partial charge in [-0.2, -0.15) is 5.26 Å². The van der Waals surface area contributed by atoms with Gasteiger partial charge in [0.05, 0.1) is 5.56 Å². The van der Waals surface area contributed by atoms with E-state index in [9.17, 15) is 4.39 Å². The summed E-state index contributed by atoms with van der Waals surface area (Å²) in [5.74, 6) is 0.312. The molecular formula is C17H14FNS. The summed E-state index contributed by atoms with van der Waals surface area (Å²) >= 11 is 1.73. The van der Waals surface area contributed by atoms with Crippen LogP contribution < -0.4 is 0 Å². The second-order valence-corrected chi connectivity index (χ2v) is 6.05. The summed E-state index contributed by atoms with van der Waals surface area (Å²) in [6.07, 6.45) is 3.63. The lowest BCUT2D eigenvalue weighted by atomic mass is 10.1. The van der Waals surface area contributed by atoms with Crippen molar-refractivity contribution in [2.45, 2.75) is 29.9 Å². The molecule has 0 heterocycles. The minimum Gasteiger partial charge on any atom is -0.206 e. The summed E-state index contributed by atoms with van der Waals surface area (Å²) in [5.41, 5.74) is 4.04. The van der Waals surface area contributed by atoms with Gasteiger partial charge in [-0.25, -0.2) is 4.39 Å². The highest BCUT2D eigenvalue weighted by Crippen LogP contribution is 2.29. The maximum Gasteiger partial charge on any atom is 0.140 e. The predicted octanol–water partition coefficient (Wildman–Crippen LogP) is 4.48. The van der Waals surface area contributed by atoms with Crippen LogP contribution in [0.4, 0.5) is 4.39 Å². The Bertz CT molecular complexity index is 688. The van der Waals surface area contributed by atoms with Crippen molar-refractivity contribution in [3.63, 3.8) is 0 Å². The maximum atomic E-state index is 13.3. The molecule has 20 heavy (non-hydrogen) atoms. The first-order valence-corrected chi connectivity index (χ1v) is 7.68. The number of nitriles is 1. The van der Waals surface area contributed by atoms with Crippen LogP contribution in [0, 0.1) is 17.1 Å². The van der Waals surface area contributed by atoms with E-state index in [1.54, 1.807) is 23.9 Å². The third-order valence-electron chi connectivity index (χ3n) is 3.63. The minimum absolute atomic E-state index is 0.122. The van der Waals surface area contributed by atoms with Crippen LogP contribution in [-0.4, -0.2) is 0 Å². The molecule has 2 aromatic carbocycles. The van der Waals surface area contributed by atoms with E-state index in [4.69, 9.17) is 5.26 Å². The lowest BCUT2D eigenvalue weighted by Gasteiger charge is -2.06. The lowest BCUT2D eigenvalue weighted by Crippen LogP contribution is -1.88. The highest BCUT2D eigenvalue weighted by molar-refractivity contribution is 7.98. The highest BCUT2D eigenvalue weighted by atomic mass is 32.2. The van der Waals surface area contributed by atoms with Crippen molar-refractivity contribution in [2.75, 3.05) is 0 Å². The number of rotatable bonds is 3. The van der Waals surface area contributed by atoms with Gasteiger partial charge in [-0.1, -0.05) is 12.1 Å². The van der Waals surface area contributed by atoms with E-state index in [1.165, 1.54) is 41.4 Å². The Hall–Kier alpha value is -1.79. The molecule has 1 aliphatic carbocycles. The molecule has 3 rings (SSSR count). The molecule has 0 radical (unpaired) electrons. The Morgan fingerprint density at radius 2 is 1.95 bits per heavy atom. The Labute approximate surface area is 122 Å². The van der Waals surface area contributed by atoms with E-state index in [0.717, 1.165) is 11.3 Å². The first kappa shape index (κ1) is 13.2. The quantitative estimate of drug-likeness (QED) is 0.776. The fourth-order valence-electron chi connectivity index (χ4n) is 2.55. The molecule has 0 spiro atoms. The molecule has 0 saturated heterocycles. The number of hydrogen-bond donors (Lipinski definition) is 0. The van der Waals surface area contributed by atoms with Crippen LogP contribution in [0.2, 0.25) is 0 Å². The molecule has 0 aromatic heterocycles. The summed E-state index contributed by atoms with van der Waals surface area (Å²) in [7, 11) is 0. The van der Waals surface area contributed by atoms with Crippen LogP contribution >= 0.6 is 11.8 Å². The Balaban J connectivity index is 1.72. The molecule has 2 aromatic rings. The number of benzene rings is 2. The highest BCUT2D eigenvalue weighted by Gasteiger charge is 2.11. The molecule has 0 fully saturated rings. The average Bonchev–Trinajstić information content (AvgIpc) is 2.94. The summed E-state index contributed by atoms with van der Waals surface area (Å²) < 4.78 is 13.3. The number of halogens is 1. The van der Waals surface area contributed by atoms with Gasteiger partial charge in [0.15, 0.2) is 0 Å². The fraction of sp³-hybridized carbons (Fsp3) is 0.235. The van der Waals surface area contributed by atoms with Gasteiger partial charge in [0.1, 0.15) is 11.9 Å². The summed E-state index contributed by atoms with van der Waals surface area (Å²) in [5, 5.41) is 8.84. The average molecular weight is 283 g/mol. The lowest BCUT2D eigenvalue weighted by molar-refractivity contribution is 0.623. The number of aryl methyl sites for hydroxylation is 2. The number of hydrogen-bond acceptors (Lipinski definition) is 2. The van der Waals surface area contributed by atoms with Crippen molar-refractivity contribution in [1.82, 2.24) is 0 Å². The molecule has 3 heteroatoms. The first-order valence-electron chi connectivity index (χ1n) is 6.69. The number of thioether (sulfide) groups is 1. The molecule has 0 aliphatic heterocycles. The fourth-order valence-corrected chi connectivity index (χ4v) is 3.46. The van der Waals surface area contributed by atoms with Gasteiger partial charge in [-0.05, 0) is 60.2 Å². The standard InChI is InChI=1S/C17H14FNS/c18-17-7-4-12(8-15(17)10-19)11-20-16-6-5-13-2-1-3-14(13)9-16/h4-9H,1-3,11H2.